The molecule has 0 saturated carbocycles. The molecule has 1 N–H and O–H groups in total. The minimum Gasteiger partial charge on any atom is -0.394 e. The van der Waals surface area contributed by atoms with Crippen molar-refractivity contribution in [2.75, 3.05) is 31.2 Å². The van der Waals surface area contributed by atoms with Crippen LogP contribution >= 0.6 is 0 Å². The van der Waals surface area contributed by atoms with Crippen LogP contribution in [0.3, 0.4) is 0 Å². The first-order valence-corrected chi connectivity index (χ1v) is 8.53. The quantitative estimate of drug-likeness (QED) is 0.849. The molecule has 0 unspecified atom stereocenters. The van der Waals surface area contributed by atoms with Crippen LogP contribution in [0.4, 0.5) is 5.69 Å². The number of aromatic nitrogens is 1. The van der Waals surface area contributed by atoms with Crippen molar-refractivity contribution in [3.8, 4) is 0 Å². The Labute approximate surface area is 137 Å². The zero-order valence-corrected chi connectivity index (χ0v) is 15.6. The summed E-state index contributed by atoms with van der Waals surface area (Å²) in [6, 6.07) is 4.19. The monoisotopic (exact) mass is 312 g/mol. The van der Waals surface area contributed by atoms with Gasteiger partial charge < -0.3 is 14.7 Å². The lowest BCUT2D eigenvalue weighted by Gasteiger charge is -2.21. The fourth-order valence-corrected chi connectivity index (χ4v) is 1.65. The largest absolute Gasteiger partial charge is 0.394 e. The number of ether oxygens (including phenoxy) is 1. The second-order valence-corrected chi connectivity index (χ2v) is 4.70. The van der Waals surface area contributed by atoms with Crippen molar-refractivity contribution >= 4 is 5.69 Å². The van der Waals surface area contributed by atoms with Gasteiger partial charge in [0.15, 0.2) is 0 Å². The number of anilines is 1. The van der Waals surface area contributed by atoms with E-state index in [9.17, 15) is 0 Å². The molecule has 4 heteroatoms. The molecule has 2 rings (SSSR count). The van der Waals surface area contributed by atoms with Gasteiger partial charge in [-0.2, -0.15) is 0 Å². The average Bonchev–Trinajstić information content (AvgIpc) is 2.81. The summed E-state index contributed by atoms with van der Waals surface area (Å²) >= 11 is 0. The summed E-state index contributed by atoms with van der Waals surface area (Å²) in [5, 5.41) is 8.06. The number of pyridine rings is 1. The van der Waals surface area contributed by atoms with E-state index in [1.807, 2.05) is 40.8 Å². The molecule has 0 radical (unpaired) electrons. The fourth-order valence-electron chi connectivity index (χ4n) is 1.65. The van der Waals surface area contributed by atoms with Gasteiger partial charge in [0.05, 0.1) is 18.5 Å². The van der Waals surface area contributed by atoms with Crippen molar-refractivity contribution in [3.63, 3.8) is 0 Å². The van der Waals surface area contributed by atoms with Crippen LogP contribution in [0.15, 0.2) is 18.3 Å². The minimum absolute atomic E-state index is 0.167. The third kappa shape index (κ3) is 12.6. The van der Waals surface area contributed by atoms with E-state index in [0.29, 0.717) is 0 Å². The van der Waals surface area contributed by atoms with Gasteiger partial charge in [-0.1, -0.05) is 27.7 Å². The Morgan fingerprint density at radius 2 is 1.68 bits per heavy atom. The molecular weight excluding hydrogens is 276 g/mol. The van der Waals surface area contributed by atoms with E-state index in [1.54, 1.807) is 13.8 Å². The Bertz CT molecular complexity index is 316. The van der Waals surface area contributed by atoms with Crippen molar-refractivity contribution in [3.05, 3.63) is 24.0 Å². The summed E-state index contributed by atoms with van der Waals surface area (Å²) in [6.45, 7) is 17.2. The van der Waals surface area contributed by atoms with Gasteiger partial charge in [0.1, 0.15) is 0 Å². The highest BCUT2D eigenvalue weighted by Crippen LogP contribution is 2.14. The van der Waals surface area contributed by atoms with Crippen LogP contribution in [0.25, 0.3) is 0 Å². The highest BCUT2D eigenvalue weighted by atomic mass is 16.5. The number of hydrogen-bond donors (Lipinski definition) is 1. The van der Waals surface area contributed by atoms with Gasteiger partial charge in [0, 0.05) is 31.5 Å². The topological polar surface area (TPSA) is 45.6 Å². The van der Waals surface area contributed by atoms with Crippen molar-refractivity contribution < 1.29 is 9.84 Å². The van der Waals surface area contributed by atoms with E-state index >= 15 is 0 Å². The molecule has 1 aromatic heterocycles. The van der Waals surface area contributed by atoms with E-state index in [4.69, 9.17) is 9.84 Å². The number of nitrogens with zero attached hydrogens (tertiary/aromatic N) is 2. The van der Waals surface area contributed by atoms with Gasteiger partial charge in [0.2, 0.25) is 0 Å². The van der Waals surface area contributed by atoms with Crippen LogP contribution in [0, 0.1) is 6.92 Å². The number of aliphatic hydroxyl groups is 1. The molecule has 22 heavy (non-hydrogen) atoms. The first kappa shape index (κ1) is 23.1. The molecule has 4 nitrogen and oxygen atoms in total. The molecule has 0 bridgehead atoms. The highest BCUT2D eigenvalue weighted by Gasteiger charge is 2.09. The Balaban J connectivity index is 0. The fraction of sp³-hybridized carbons (Fsp3) is 0.722. The molecule has 0 aromatic carbocycles. The summed E-state index contributed by atoms with van der Waals surface area (Å²) in [7, 11) is 0. The van der Waals surface area contributed by atoms with Gasteiger partial charge in [-0.05, 0) is 39.3 Å². The Morgan fingerprint density at radius 1 is 1.09 bits per heavy atom. The van der Waals surface area contributed by atoms with Crippen LogP contribution in [0.1, 0.15) is 53.7 Å². The molecule has 0 atom stereocenters. The Kier molecular flexibility index (Phi) is 17.1. The van der Waals surface area contributed by atoms with Crippen molar-refractivity contribution in [1.82, 2.24) is 4.98 Å². The van der Waals surface area contributed by atoms with Crippen LogP contribution in [-0.2, 0) is 4.74 Å². The molecule has 2 heterocycles. The van der Waals surface area contributed by atoms with Crippen LogP contribution in [-0.4, -0.2) is 42.5 Å². The maximum atomic E-state index is 8.06. The van der Waals surface area contributed by atoms with Crippen molar-refractivity contribution in [2.24, 2.45) is 0 Å². The minimum atomic E-state index is -0.167. The zero-order valence-electron chi connectivity index (χ0n) is 15.6. The predicted molar refractivity (Wildman–Crippen MR) is 96.7 cm³/mol. The number of aliphatic hydroxyl groups excluding tert-OH is 1. The molecule has 0 spiro atoms. The van der Waals surface area contributed by atoms with Crippen molar-refractivity contribution in [1.29, 1.82) is 0 Å². The van der Waals surface area contributed by atoms with E-state index in [1.165, 1.54) is 5.69 Å². The summed E-state index contributed by atoms with van der Waals surface area (Å²) in [6.07, 6.45) is 2.88. The summed E-state index contributed by atoms with van der Waals surface area (Å²) < 4.78 is 5.41. The zero-order chi connectivity index (χ0) is 17.4. The molecular formula is C18H36N2O2. The summed E-state index contributed by atoms with van der Waals surface area (Å²) in [4.78, 5) is 6.64. The normalized spacial score (nSPS) is 13.6. The van der Waals surface area contributed by atoms with E-state index in [-0.39, 0.29) is 6.10 Å². The standard InChI is InChI=1S/C11H16N2O.C3H8O.2C2H6/c1-10-3-4-11(9-12-10)13-5-2-7-14-8-6-13;1-3(2)4;2*1-2/h3-4,9H,2,5-8H2,1H3;3-4H,1-2H3;2*1-2H3. The molecule has 0 amide bonds. The van der Waals surface area contributed by atoms with Crippen LogP contribution in [0.2, 0.25) is 0 Å². The molecule has 1 aliphatic heterocycles. The van der Waals surface area contributed by atoms with Gasteiger partial charge in [-0.25, -0.2) is 0 Å². The molecule has 1 aromatic rings. The van der Waals surface area contributed by atoms with Crippen LogP contribution < -0.4 is 4.90 Å². The van der Waals surface area contributed by atoms with Crippen molar-refractivity contribution in [2.45, 2.75) is 61.0 Å². The second kappa shape index (κ2) is 16.2. The number of rotatable bonds is 1. The molecule has 1 saturated heterocycles. The lowest BCUT2D eigenvalue weighted by Crippen LogP contribution is -2.25. The SMILES string of the molecule is CC.CC.CC(C)O.Cc1ccc(N2CCCOCC2)cn1. The predicted octanol–water partition coefficient (Wildman–Crippen LogP) is 4.06. The van der Waals surface area contributed by atoms with Gasteiger partial charge in [0.25, 0.3) is 0 Å². The lowest BCUT2D eigenvalue weighted by molar-refractivity contribution is 0.152. The maximum absolute atomic E-state index is 8.06. The first-order chi connectivity index (χ1) is 10.6. The van der Waals surface area contributed by atoms with Gasteiger partial charge >= 0.3 is 0 Å². The summed E-state index contributed by atoms with van der Waals surface area (Å²) in [5.41, 5.74) is 2.28. The van der Waals surface area contributed by atoms with E-state index in [0.717, 1.165) is 38.4 Å². The van der Waals surface area contributed by atoms with Gasteiger partial charge in [-0.3, -0.25) is 4.98 Å². The second-order valence-electron chi connectivity index (χ2n) is 4.70. The lowest BCUT2D eigenvalue weighted by atomic mass is 10.3. The Morgan fingerprint density at radius 3 is 2.18 bits per heavy atom. The van der Waals surface area contributed by atoms with E-state index in [2.05, 4.69) is 22.0 Å². The third-order valence-corrected chi connectivity index (χ3v) is 2.48. The van der Waals surface area contributed by atoms with Gasteiger partial charge in [-0.15, -0.1) is 0 Å². The van der Waals surface area contributed by atoms with E-state index < -0.39 is 0 Å². The maximum Gasteiger partial charge on any atom is 0.0641 e. The molecule has 130 valence electrons. The molecule has 1 aliphatic rings. The van der Waals surface area contributed by atoms with Crippen LogP contribution in [0.5, 0.6) is 0 Å². The number of aryl methyl sites for hydroxylation is 1. The average molecular weight is 312 g/mol. The smallest absolute Gasteiger partial charge is 0.0641 e. The molecule has 1 fully saturated rings. The Hall–Kier alpha value is -1.13. The highest BCUT2D eigenvalue weighted by molar-refractivity contribution is 5.44. The first-order valence-electron chi connectivity index (χ1n) is 8.53. The number of hydrogen-bond acceptors (Lipinski definition) is 4. The molecule has 0 aliphatic carbocycles. The third-order valence-electron chi connectivity index (χ3n) is 2.48. The summed E-state index contributed by atoms with van der Waals surface area (Å²) in [5.74, 6) is 0.